The molecule has 0 aliphatic heterocycles. The summed E-state index contributed by atoms with van der Waals surface area (Å²) in [6, 6.07) is 0. The molecular weight excluding hydrogens is 306 g/mol. The highest BCUT2D eigenvalue weighted by molar-refractivity contribution is 6.48. The molecule has 0 aromatic carbocycles. The number of carbonyl (C=O) groups is 1. The Hall–Kier alpha value is -0.633. The van der Waals surface area contributed by atoms with Gasteiger partial charge in [-0.2, -0.15) is 0 Å². The smallest absolute Gasteiger partial charge is 0.481 e. The van der Waals surface area contributed by atoms with E-state index in [1.165, 1.54) is 0 Å². The van der Waals surface area contributed by atoms with Gasteiger partial charge in [-0.25, -0.2) is 0 Å². The molecule has 0 aromatic rings. The molecule has 11 heteroatoms. The Kier molecular flexibility index (Phi) is 21.0. The fourth-order valence-electron chi connectivity index (χ4n) is 0.953. The van der Waals surface area contributed by atoms with Gasteiger partial charge in [-0.15, -0.1) is 0 Å². The van der Waals surface area contributed by atoms with E-state index in [4.69, 9.17) is 39.6 Å². The fourth-order valence-corrected chi connectivity index (χ4v) is 1.34. The van der Waals surface area contributed by atoms with Crippen LogP contribution in [0, 0.1) is 0 Å². The Morgan fingerprint density at radius 2 is 1.29 bits per heavy atom. The number of rotatable bonds is 8. The monoisotopic (exact) mass is 333 g/mol. The third kappa shape index (κ3) is 38.2. The molecule has 0 spiro atoms. The van der Waals surface area contributed by atoms with Crippen LogP contribution in [0.2, 0.25) is 0 Å². The normalized spacial score (nSPS) is 10.3. The standard InChI is InChI=1S/C6H15NO3.C2H8O4Si.C2H4O2/c8-4-1-7(2-5-9)3-6-10;1-2-6-7(3,4)5;1-2(3)4/h8-10H,1-6H2;3-5H,2H2,1H3;1H3,(H,3,4). The predicted molar refractivity (Wildman–Crippen MR) is 75.0 cm³/mol. The molecule has 0 heterocycles. The summed E-state index contributed by atoms with van der Waals surface area (Å²) in [5.41, 5.74) is 0. The van der Waals surface area contributed by atoms with Crippen molar-refractivity contribution in [3.63, 3.8) is 0 Å². The van der Waals surface area contributed by atoms with Crippen LogP contribution >= 0.6 is 0 Å². The van der Waals surface area contributed by atoms with Crippen molar-refractivity contribution in [3.05, 3.63) is 0 Å². The second-order valence-electron chi connectivity index (χ2n) is 3.54. The van der Waals surface area contributed by atoms with Crippen LogP contribution in [0.15, 0.2) is 0 Å². The van der Waals surface area contributed by atoms with Gasteiger partial charge in [-0.1, -0.05) is 0 Å². The maximum atomic E-state index is 9.00. The summed E-state index contributed by atoms with van der Waals surface area (Å²) < 4.78 is 4.03. The number of hydrogen-bond donors (Lipinski definition) is 7. The van der Waals surface area contributed by atoms with Gasteiger partial charge in [0, 0.05) is 33.2 Å². The number of aliphatic carboxylic acids is 1. The maximum Gasteiger partial charge on any atom is 0.671 e. The van der Waals surface area contributed by atoms with Crippen molar-refractivity contribution in [1.29, 1.82) is 0 Å². The van der Waals surface area contributed by atoms with Gasteiger partial charge < -0.3 is 39.2 Å². The van der Waals surface area contributed by atoms with Crippen molar-refractivity contribution >= 4 is 15.0 Å². The number of hydrogen-bond acceptors (Lipinski definition) is 9. The second-order valence-corrected chi connectivity index (χ2v) is 4.97. The minimum Gasteiger partial charge on any atom is -0.481 e. The van der Waals surface area contributed by atoms with Crippen molar-refractivity contribution in [2.24, 2.45) is 0 Å². The lowest BCUT2D eigenvalue weighted by Crippen LogP contribution is -2.38. The van der Waals surface area contributed by atoms with E-state index in [2.05, 4.69) is 4.43 Å². The van der Waals surface area contributed by atoms with Gasteiger partial charge in [0.05, 0.1) is 19.8 Å². The summed E-state index contributed by atoms with van der Waals surface area (Å²) >= 11 is 0. The van der Waals surface area contributed by atoms with Gasteiger partial charge in [-0.05, 0) is 6.92 Å². The van der Waals surface area contributed by atoms with E-state index in [1.807, 2.05) is 0 Å². The summed E-state index contributed by atoms with van der Waals surface area (Å²) in [6.07, 6.45) is 0. The topological polar surface area (TPSA) is 171 Å². The van der Waals surface area contributed by atoms with Gasteiger partial charge in [0.2, 0.25) is 0 Å². The summed E-state index contributed by atoms with van der Waals surface area (Å²) in [5, 5.41) is 32.9. The van der Waals surface area contributed by atoms with Gasteiger partial charge >= 0.3 is 9.05 Å². The van der Waals surface area contributed by atoms with Gasteiger partial charge in [0.15, 0.2) is 0 Å². The quantitative estimate of drug-likeness (QED) is 0.224. The lowest BCUT2D eigenvalue weighted by atomic mass is 10.4. The number of aliphatic hydroxyl groups excluding tert-OH is 3. The largest absolute Gasteiger partial charge is 0.671 e. The molecule has 0 fully saturated rings. The average Bonchev–Trinajstić information content (AvgIpc) is 2.28. The molecule has 10 nitrogen and oxygen atoms in total. The lowest BCUT2D eigenvalue weighted by Gasteiger charge is -2.17. The number of nitrogens with zero attached hydrogens (tertiary/aromatic N) is 1. The van der Waals surface area contributed by atoms with Crippen LogP contribution in [0.4, 0.5) is 0 Å². The summed E-state index contributed by atoms with van der Waals surface area (Å²) in [6.45, 7) is 4.52. The Balaban J connectivity index is -0.000000256. The maximum absolute atomic E-state index is 9.00. The van der Waals surface area contributed by atoms with Crippen molar-refractivity contribution in [1.82, 2.24) is 4.90 Å². The highest BCUT2D eigenvalue weighted by Gasteiger charge is 2.29. The van der Waals surface area contributed by atoms with Crippen LogP contribution < -0.4 is 0 Å². The number of carboxylic acid groups (broad SMARTS) is 1. The van der Waals surface area contributed by atoms with Crippen LogP contribution in [0.1, 0.15) is 13.8 Å². The highest BCUT2D eigenvalue weighted by atomic mass is 28.4. The molecular formula is C10H27NO9Si. The molecule has 7 N–H and O–H groups in total. The highest BCUT2D eigenvalue weighted by Crippen LogP contribution is 1.85. The van der Waals surface area contributed by atoms with Crippen molar-refractivity contribution in [2.45, 2.75) is 13.8 Å². The van der Waals surface area contributed by atoms with E-state index in [0.29, 0.717) is 19.6 Å². The molecule has 0 atom stereocenters. The second kappa shape index (κ2) is 17.4. The van der Waals surface area contributed by atoms with Crippen LogP contribution in [0.5, 0.6) is 0 Å². The third-order valence-corrected chi connectivity index (χ3v) is 2.26. The van der Waals surface area contributed by atoms with Crippen LogP contribution in [-0.2, 0) is 9.22 Å². The first-order chi connectivity index (χ1) is 9.64. The number of aliphatic hydroxyl groups is 3. The van der Waals surface area contributed by atoms with E-state index in [1.54, 1.807) is 11.8 Å². The lowest BCUT2D eigenvalue weighted by molar-refractivity contribution is -0.134. The molecule has 0 aromatic heterocycles. The van der Waals surface area contributed by atoms with Gasteiger partial charge in [0.1, 0.15) is 0 Å². The summed E-state index contributed by atoms with van der Waals surface area (Å²) in [7, 11) is -4.16. The Labute approximate surface area is 125 Å². The van der Waals surface area contributed by atoms with E-state index in [9.17, 15) is 0 Å². The fraction of sp³-hybridized carbons (Fsp3) is 0.900. The molecule has 0 saturated heterocycles. The van der Waals surface area contributed by atoms with E-state index < -0.39 is 15.0 Å². The first kappa shape index (κ1) is 25.3. The molecule has 0 radical (unpaired) electrons. The molecule has 0 aliphatic carbocycles. The van der Waals surface area contributed by atoms with E-state index in [-0.39, 0.29) is 26.4 Å². The Morgan fingerprint density at radius 3 is 1.38 bits per heavy atom. The molecule has 130 valence electrons. The van der Waals surface area contributed by atoms with Crippen LogP contribution in [0.25, 0.3) is 0 Å². The van der Waals surface area contributed by atoms with E-state index >= 15 is 0 Å². The first-order valence-electron chi connectivity index (χ1n) is 6.20. The average molecular weight is 333 g/mol. The molecule has 21 heavy (non-hydrogen) atoms. The minimum absolute atomic E-state index is 0.0694. The predicted octanol–water partition coefficient (Wildman–Crippen LogP) is -3.21. The van der Waals surface area contributed by atoms with Crippen molar-refractivity contribution in [2.75, 3.05) is 46.1 Å². The van der Waals surface area contributed by atoms with Crippen molar-refractivity contribution in [3.8, 4) is 0 Å². The molecule has 0 rings (SSSR count). The molecule has 0 saturated carbocycles. The Bertz CT molecular complexity index is 207. The minimum atomic E-state index is -4.16. The van der Waals surface area contributed by atoms with Crippen molar-refractivity contribution < 1.29 is 44.0 Å². The zero-order valence-corrected chi connectivity index (χ0v) is 13.3. The zero-order chi connectivity index (χ0) is 17.3. The van der Waals surface area contributed by atoms with Crippen LogP contribution in [0.3, 0.4) is 0 Å². The number of carboxylic acids is 1. The van der Waals surface area contributed by atoms with Gasteiger partial charge in [-0.3, -0.25) is 9.69 Å². The molecule has 0 aliphatic rings. The first-order valence-corrected chi connectivity index (χ1v) is 7.95. The summed E-state index contributed by atoms with van der Waals surface area (Å²) in [4.78, 5) is 34.9. The summed E-state index contributed by atoms with van der Waals surface area (Å²) in [5.74, 6) is -0.833. The third-order valence-electron chi connectivity index (χ3n) is 1.59. The zero-order valence-electron chi connectivity index (χ0n) is 12.3. The molecule has 0 amide bonds. The van der Waals surface area contributed by atoms with E-state index in [0.717, 1.165) is 6.92 Å². The molecule has 0 bridgehead atoms. The Morgan fingerprint density at radius 1 is 1.00 bits per heavy atom. The van der Waals surface area contributed by atoms with Gasteiger partial charge in [0.25, 0.3) is 5.97 Å². The molecule has 0 unspecified atom stereocenters. The SMILES string of the molecule is CC(=O)O.CCO[Si](O)(O)O.OCCN(CCO)CCO. The van der Waals surface area contributed by atoms with Crippen LogP contribution in [-0.4, -0.2) is 101 Å².